The lowest BCUT2D eigenvalue weighted by Gasteiger charge is -2.09. The fraction of sp³-hybridized carbons (Fsp3) is 0.109. The third-order valence-corrected chi connectivity index (χ3v) is 14.8. The number of aryl methyl sites for hydroxylation is 3. The quantitative estimate of drug-likeness (QED) is 0.0743. The van der Waals surface area contributed by atoms with E-state index >= 15 is 0 Å². The Morgan fingerprint density at radius 1 is 0.526 bits per heavy atom. The Balaban J connectivity index is 0.828. The number of rotatable bonds is 11. The molecular formula is C64H51N10O2+. The van der Waals surface area contributed by atoms with Gasteiger partial charge in [0.1, 0.15) is 12.3 Å². The Hall–Kier alpha value is -9.81. The Morgan fingerprint density at radius 2 is 1.04 bits per heavy atom. The van der Waals surface area contributed by atoms with Gasteiger partial charge in [-0.15, -0.1) is 0 Å². The normalized spacial score (nSPS) is 12.0. The number of carbonyl (C=O) groups excluding carboxylic acids is 1. The number of unbranched alkanes of at least 4 members (excludes halogenated alkanes) is 1. The average Bonchev–Trinajstić information content (AvgIpc) is 4.36. The van der Waals surface area contributed by atoms with Crippen molar-refractivity contribution in [3.63, 3.8) is 0 Å². The van der Waals surface area contributed by atoms with Crippen LogP contribution >= 0.6 is 0 Å². The molecule has 2 aliphatic heterocycles. The van der Waals surface area contributed by atoms with Crippen molar-refractivity contribution in [3.05, 3.63) is 193 Å². The molecule has 76 heavy (non-hydrogen) atoms. The number of hydrogen-bond acceptors (Lipinski definition) is 7. The first-order chi connectivity index (χ1) is 37.3. The number of aromatic nitrogens is 9. The fourth-order valence-corrected chi connectivity index (χ4v) is 11.0. The van der Waals surface area contributed by atoms with Crippen molar-refractivity contribution in [1.29, 1.82) is 0 Å². The second-order valence-electron chi connectivity index (χ2n) is 19.3. The number of carbonyl (C=O) groups is 1. The molecule has 3 aromatic carbocycles. The standard InChI is InChI=1S/C64H50N10O2/c1-38-48-37-74(35-27-46(48)39(2)64-59(38)47-36-45(76-3)11-12-49(47)73-64)34-5-4-6-58(75)68-44-9-7-40(8-10-44)60-50-13-15-52(69-50)61(41-21-28-65-29-22-41)54-17-19-56(71-54)63(43-25-32-67-33-26-43)57-20-18-55(72-57)62(42-23-30-66-31-24-42)53-16-14-51(60)70-53/h7-33,35-37H,4-6,34H2,1-3H3,(H3,65,66,67,68,69,70,71,72,75)/p+1. The molecule has 4 N–H and O–H groups in total. The summed E-state index contributed by atoms with van der Waals surface area (Å²) in [7, 11) is 1.71. The number of anilines is 1. The van der Waals surface area contributed by atoms with Gasteiger partial charge in [-0.05, 0) is 174 Å². The molecule has 12 heteroatoms. The molecule has 0 saturated carbocycles. The lowest BCUT2D eigenvalue weighted by Crippen LogP contribution is -2.32. The van der Waals surface area contributed by atoms with E-state index in [0.717, 1.165) is 137 Å². The van der Waals surface area contributed by atoms with Crippen molar-refractivity contribution < 1.29 is 14.1 Å². The highest BCUT2D eigenvalue weighted by Gasteiger charge is 2.21. The highest BCUT2D eigenvalue weighted by Crippen LogP contribution is 2.40. The number of amides is 1. The molecule has 0 fully saturated rings. The first-order valence-corrected chi connectivity index (χ1v) is 25.5. The Bertz CT molecular complexity index is 4330. The lowest BCUT2D eigenvalue weighted by atomic mass is 9.97. The van der Waals surface area contributed by atoms with Crippen molar-refractivity contribution in [1.82, 2.24) is 39.9 Å². The molecule has 10 heterocycles. The minimum absolute atomic E-state index is 0.0193. The Morgan fingerprint density at radius 3 is 1.62 bits per heavy atom. The zero-order valence-electron chi connectivity index (χ0n) is 42.1. The molecule has 0 spiro atoms. The molecular weight excluding hydrogens is 941 g/mol. The molecule has 0 radical (unpaired) electrons. The Kier molecular flexibility index (Phi) is 11.6. The number of aromatic amines is 3. The summed E-state index contributed by atoms with van der Waals surface area (Å²) in [6, 6.07) is 37.0. The molecule has 0 aliphatic carbocycles. The highest BCUT2D eigenvalue weighted by molar-refractivity contribution is 6.16. The van der Waals surface area contributed by atoms with E-state index in [-0.39, 0.29) is 5.91 Å². The van der Waals surface area contributed by atoms with Gasteiger partial charge in [0.25, 0.3) is 0 Å². The van der Waals surface area contributed by atoms with Crippen molar-refractivity contribution in [2.75, 3.05) is 12.4 Å². The van der Waals surface area contributed by atoms with Crippen LogP contribution in [0.5, 0.6) is 5.75 Å². The van der Waals surface area contributed by atoms with E-state index in [4.69, 9.17) is 14.7 Å². The van der Waals surface area contributed by atoms with E-state index in [2.05, 4.69) is 145 Å². The van der Waals surface area contributed by atoms with Crippen LogP contribution in [0, 0.1) is 13.8 Å². The zero-order chi connectivity index (χ0) is 51.3. The van der Waals surface area contributed by atoms with Crippen molar-refractivity contribution in [3.8, 4) is 50.3 Å². The summed E-state index contributed by atoms with van der Waals surface area (Å²) in [5, 5.41) is 8.02. The molecule has 0 unspecified atom stereocenters. The summed E-state index contributed by atoms with van der Waals surface area (Å²) in [4.78, 5) is 48.5. The number of benzene rings is 3. The highest BCUT2D eigenvalue weighted by atomic mass is 16.5. The zero-order valence-corrected chi connectivity index (χ0v) is 42.1. The van der Waals surface area contributed by atoms with E-state index in [1.807, 2.05) is 79.4 Å². The van der Waals surface area contributed by atoms with E-state index in [1.54, 1.807) is 19.5 Å². The van der Waals surface area contributed by atoms with E-state index in [1.165, 1.54) is 27.3 Å². The van der Waals surface area contributed by atoms with E-state index in [0.29, 0.717) is 6.42 Å². The number of fused-ring (bicyclic) bond motifs is 12. The molecule has 368 valence electrons. The summed E-state index contributed by atoms with van der Waals surface area (Å²) in [5.41, 5.74) is 19.8. The second-order valence-corrected chi connectivity index (χ2v) is 19.3. The van der Waals surface area contributed by atoms with Crippen LogP contribution < -0.4 is 14.6 Å². The Labute approximate surface area is 437 Å². The summed E-state index contributed by atoms with van der Waals surface area (Å²) >= 11 is 0. The predicted octanol–water partition coefficient (Wildman–Crippen LogP) is 14.0. The van der Waals surface area contributed by atoms with Gasteiger partial charge in [0.2, 0.25) is 5.91 Å². The van der Waals surface area contributed by atoms with Crippen LogP contribution in [0.15, 0.2) is 159 Å². The van der Waals surface area contributed by atoms with Gasteiger partial charge in [-0.25, -0.2) is 14.5 Å². The topological polar surface area (TPSA) is 154 Å². The van der Waals surface area contributed by atoms with Gasteiger partial charge in [-0.3, -0.25) is 19.7 Å². The smallest absolute Gasteiger partial charge is 0.224 e. The number of pyridine rings is 4. The largest absolute Gasteiger partial charge is 0.497 e. The number of methoxy groups -OCH3 is 1. The molecule has 2 aliphatic rings. The number of nitrogens with one attached hydrogen (secondary N) is 4. The van der Waals surface area contributed by atoms with E-state index in [9.17, 15) is 4.79 Å². The van der Waals surface area contributed by atoms with Gasteiger partial charge in [0.15, 0.2) is 12.4 Å². The number of ether oxygens (including phenoxy) is 1. The maximum absolute atomic E-state index is 13.5. The minimum Gasteiger partial charge on any atom is -0.497 e. The lowest BCUT2D eigenvalue weighted by molar-refractivity contribution is -0.696. The third kappa shape index (κ3) is 8.35. The van der Waals surface area contributed by atoms with E-state index < -0.39 is 0 Å². The summed E-state index contributed by atoms with van der Waals surface area (Å²) < 4.78 is 7.82. The molecule has 11 aromatic rings. The van der Waals surface area contributed by atoms with Crippen molar-refractivity contribution >= 4 is 90.5 Å². The summed E-state index contributed by atoms with van der Waals surface area (Å²) in [6.45, 7) is 5.20. The average molecular weight is 992 g/mol. The van der Waals surface area contributed by atoms with Crippen LogP contribution in [0.1, 0.15) is 53.2 Å². The minimum atomic E-state index is -0.0193. The van der Waals surface area contributed by atoms with Crippen LogP contribution in [0.3, 0.4) is 0 Å². The maximum atomic E-state index is 13.5. The van der Waals surface area contributed by atoms with Crippen LogP contribution in [-0.2, 0) is 11.3 Å². The van der Waals surface area contributed by atoms with Crippen LogP contribution in [-0.4, -0.2) is 52.9 Å². The molecule has 0 atom stereocenters. The SMILES string of the molecule is COc1ccc2[nH]c3c(C)c4cc[n+](CCCCC(=O)Nc5ccc(-c6c7nc(c(-c8ccncc8)c8nc(c(-c9ccncc9)c9ccc([nH]9)c(-c9ccncc9)c9ccc6[nH]9)C=C8)C=C7)cc5)cc4c(C)c3c2c1. The van der Waals surface area contributed by atoms with Gasteiger partial charge in [0, 0.05) is 128 Å². The molecule has 1 amide bonds. The van der Waals surface area contributed by atoms with Crippen LogP contribution in [0.25, 0.3) is 123 Å². The van der Waals surface area contributed by atoms with Gasteiger partial charge in [-0.2, -0.15) is 0 Å². The maximum Gasteiger partial charge on any atom is 0.224 e. The van der Waals surface area contributed by atoms with Crippen molar-refractivity contribution in [2.45, 2.75) is 39.7 Å². The molecule has 12 nitrogen and oxygen atoms in total. The third-order valence-electron chi connectivity index (χ3n) is 14.8. The number of H-pyrrole nitrogens is 3. The van der Waals surface area contributed by atoms with Crippen molar-refractivity contribution in [2.24, 2.45) is 0 Å². The molecule has 8 bridgehead atoms. The van der Waals surface area contributed by atoms with Crippen LogP contribution in [0.4, 0.5) is 5.69 Å². The van der Waals surface area contributed by atoms with Crippen LogP contribution in [0.2, 0.25) is 0 Å². The molecule has 13 rings (SSSR count). The molecule has 8 aromatic heterocycles. The fourth-order valence-electron chi connectivity index (χ4n) is 11.0. The van der Waals surface area contributed by atoms with Gasteiger partial charge < -0.3 is 25.0 Å². The first kappa shape index (κ1) is 46.0. The predicted molar refractivity (Wildman–Crippen MR) is 306 cm³/mol. The van der Waals surface area contributed by atoms with Gasteiger partial charge >= 0.3 is 0 Å². The summed E-state index contributed by atoms with van der Waals surface area (Å²) in [5.74, 6) is 0.823. The summed E-state index contributed by atoms with van der Waals surface area (Å²) in [6.07, 6.45) is 25.5. The number of nitrogens with zero attached hydrogens (tertiary/aromatic N) is 6. The second kappa shape index (κ2) is 19.2. The van der Waals surface area contributed by atoms with Gasteiger partial charge in [-0.1, -0.05) is 12.1 Å². The number of hydrogen-bond donors (Lipinski definition) is 4. The molecule has 0 saturated heterocycles. The monoisotopic (exact) mass is 991 g/mol. The first-order valence-electron chi connectivity index (χ1n) is 25.5. The van der Waals surface area contributed by atoms with Gasteiger partial charge in [0.05, 0.1) is 35.4 Å².